The summed E-state index contributed by atoms with van der Waals surface area (Å²) < 4.78 is 5.09. The quantitative estimate of drug-likeness (QED) is 0.926. The molecule has 2 rings (SSSR count). The Morgan fingerprint density at radius 1 is 1.67 bits per heavy atom. The number of halogens is 1. The Balaban J connectivity index is 0.00000162. The minimum atomic E-state index is 0. The van der Waals surface area contributed by atoms with Gasteiger partial charge in [0.05, 0.1) is 12.0 Å². The first-order valence-corrected chi connectivity index (χ1v) is 6.58. The SMILES string of the molecule is COc1csc(C(=O)N2CCC(C)(CN)C2)c1.Cl. The Labute approximate surface area is 118 Å². The molecule has 0 saturated carbocycles. The van der Waals surface area contributed by atoms with Gasteiger partial charge in [-0.3, -0.25) is 4.79 Å². The van der Waals surface area contributed by atoms with Crippen LogP contribution in [0.4, 0.5) is 0 Å². The number of rotatable bonds is 3. The summed E-state index contributed by atoms with van der Waals surface area (Å²) in [6.45, 7) is 4.31. The third-order valence-corrected chi connectivity index (χ3v) is 4.26. The molecule has 1 aliphatic heterocycles. The number of thiophene rings is 1. The maximum atomic E-state index is 12.2. The van der Waals surface area contributed by atoms with Crippen LogP contribution in [0.25, 0.3) is 0 Å². The average molecular weight is 291 g/mol. The number of carbonyl (C=O) groups is 1. The molecule has 6 heteroatoms. The highest BCUT2D eigenvalue weighted by atomic mass is 35.5. The van der Waals surface area contributed by atoms with Crippen molar-refractivity contribution in [2.24, 2.45) is 11.1 Å². The largest absolute Gasteiger partial charge is 0.496 e. The van der Waals surface area contributed by atoms with Gasteiger partial charge in [0, 0.05) is 24.5 Å². The van der Waals surface area contributed by atoms with Crippen LogP contribution in [0, 0.1) is 5.41 Å². The van der Waals surface area contributed by atoms with Gasteiger partial charge in [-0.15, -0.1) is 23.7 Å². The second-order valence-corrected chi connectivity index (χ2v) is 5.75. The van der Waals surface area contributed by atoms with Crippen LogP contribution >= 0.6 is 23.7 Å². The highest BCUT2D eigenvalue weighted by Crippen LogP contribution is 2.31. The maximum Gasteiger partial charge on any atom is 0.264 e. The molecule has 1 aromatic rings. The summed E-state index contributed by atoms with van der Waals surface area (Å²) in [5.74, 6) is 0.842. The Morgan fingerprint density at radius 3 is 2.89 bits per heavy atom. The highest BCUT2D eigenvalue weighted by Gasteiger charge is 2.35. The van der Waals surface area contributed by atoms with Crippen molar-refractivity contribution in [2.75, 3.05) is 26.7 Å². The molecule has 0 bridgehead atoms. The van der Waals surface area contributed by atoms with E-state index in [1.807, 2.05) is 10.3 Å². The first kappa shape index (κ1) is 15.3. The topological polar surface area (TPSA) is 55.6 Å². The lowest BCUT2D eigenvalue weighted by molar-refractivity contribution is 0.0781. The smallest absolute Gasteiger partial charge is 0.264 e. The van der Waals surface area contributed by atoms with E-state index in [0.29, 0.717) is 6.54 Å². The lowest BCUT2D eigenvalue weighted by Gasteiger charge is -2.22. The number of methoxy groups -OCH3 is 1. The van der Waals surface area contributed by atoms with Crippen molar-refractivity contribution in [3.05, 3.63) is 16.3 Å². The van der Waals surface area contributed by atoms with E-state index in [1.165, 1.54) is 11.3 Å². The van der Waals surface area contributed by atoms with Crippen LogP contribution in [0.2, 0.25) is 0 Å². The molecule has 4 nitrogen and oxygen atoms in total. The van der Waals surface area contributed by atoms with Crippen LogP contribution < -0.4 is 10.5 Å². The van der Waals surface area contributed by atoms with Gasteiger partial charge in [-0.1, -0.05) is 6.92 Å². The summed E-state index contributed by atoms with van der Waals surface area (Å²) in [6.07, 6.45) is 0.984. The molecular weight excluding hydrogens is 272 g/mol. The van der Waals surface area contributed by atoms with E-state index in [0.717, 1.165) is 30.1 Å². The highest BCUT2D eigenvalue weighted by molar-refractivity contribution is 7.12. The average Bonchev–Trinajstić information content (AvgIpc) is 2.95. The Bertz CT molecular complexity index is 424. The second kappa shape index (κ2) is 5.91. The fourth-order valence-corrected chi connectivity index (χ4v) is 2.88. The van der Waals surface area contributed by atoms with Crippen LogP contribution in [0.15, 0.2) is 11.4 Å². The first-order valence-electron chi connectivity index (χ1n) is 5.70. The van der Waals surface area contributed by atoms with Crippen LogP contribution in [0.3, 0.4) is 0 Å². The molecule has 1 amide bonds. The van der Waals surface area contributed by atoms with Gasteiger partial charge >= 0.3 is 0 Å². The van der Waals surface area contributed by atoms with Gasteiger partial charge in [-0.25, -0.2) is 0 Å². The van der Waals surface area contributed by atoms with Crippen molar-refractivity contribution >= 4 is 29.7 Å². The van der Waals surface area contributed by atoms with Crippen molar-refractivity contribution < 1.29 is 9.53 Å². The van der Waals surface area contributed by atoms with Gasteiger partial charge in [-0.2, -0.15) is 0 Å². The predicted molar refractivity (Wildman–Crippen MR) is 75.8 cm³/mol. The molecule has 18 heavy (non-hydrogen) atoms. The molecule has 1 aliphatic rings. The molecule has 2 heterocycles. The summed E-state index contributed by atoms with van der Waals surface area (Å²) in [5, 5.41) is 1.85. The Hall–Kier alpha value is -0.780. The monoisotopic (exact) mass is 290 g/mol. The standard InChI is InChI=1S/C12H18N2O2S.ClH/c1-12(7-13)3-4-14(8-12)11(15)10-5-9(16-2)6-17-10;/h5-6H,3-4,7-8,13H2,1-2H3;1H. The third kappa shape index (κ3) is 2.96. The van der Waals surface area contributed by atoms with Crippen molar-refractivity contribution in [1.82, 2.24) is 4.90 Å². The predicted octanol–water partition coefficient (Wildman–Crippen LogP) is 1.99. The van der Waals surface area contributed by atoms with Crippen molar-refractivity contribution in [3.63, 3.8) is 0 Å². The van der Waals surface area contributed by atoms with E-state index in [1.54, 1.807) is 13.2 Å². The molecule has 1 unspecified atom stereocenters. The molecule has 2 N–H and O–H groups in total. The molecule has 1 aromatic heterocycles. The fraction of sp³-hybridized carbons (Fsp3) is 0.583. The van der Waals surface area contributed by atoms with E-state index in [2.05, 4.69) is 6.92 Å². The number of amides is 1. The summed E-state index contributed by atoms with van der Waals surface area (Å²) in [6, 6.07) is 1.80. The van der Waals surface area contributed by atoms with Crippen molar-refractivity contribution in [3.8, 4) is 5.75 Å². The molecule has 1 atom stereocenters. The molecule has 102 valence electrons. The fourth-order valence-electron chi connectivity index (χ4n) is 2.06. The molecular formula is C12H19ClN2O2S. The molecule has 0 aliphatic carbocycles. The number of nitrogens with zero attached hydrogens (tertiary/aromatic N) is 1. The summed E-state index contributed by atoms with van der Waals surface area (Å²) in [4.78, 5) is 14.8. The first-order chi connectivity index (χ1) is 8.08. The lowest BCUT2D eigenvalue weighted by Crippen LogP contribution is -2.34. The van der Waals surface area contributed by atoms with Crippen LogP contribution in [-0.4, -0.2) is 37.6 Å². The number of nitrogens with two attached hydrogens (primary N) is 1. The second-order valence-electron chi connectivity index (χ2n) is 4.84. The number of hydrogen-bond donors (Lipinski definition) is 1. The summed E-state index contributed by atoms with van der Waals surface area (Å²) >= 11 is 1.43. The molecule has 0 radical (unpaired) electrons. The van der Waals surface area contributed by atoms with Gasteiger partial charge in [-0.05, 0) is 18.4 Å². The van der Waals surface area contributed by atoms with E-state index >= 15 is 0 Å². The number of carbonyl (C=O) groups excluding carboxylic acids is 1. The van der Waals surface area contributed by atoms with Crippen LogP contribution in [-0.2, 0) is 0 Å². The van der Waals surface area contributed by atoms with Gasteiger partial charge in [0.1, 0.15) is 5.75 Å². The normalized spacial score (nSPS) is 22.7. The zero-order valence-electron chi connectivity index (χ0n) is 10.6. The molecule has 0 aromatic carbocycles. The summed E-state index contributed by atoms with van der Waals surface area (Å²) in [7, 11) is 1.61. The lowest BCUT2D eigenvalue weighted by atomic mass is 9.90. The number of likely N-dealkylation sites (tertiary alicyclic amines) is 1. The molecule has 1 fully saturated rings. The van der Waals surface area contributed by atoms with Gasteiger partial charge in [0.2, 0.25) is 0 Å². The van der Waals surface area contributed by atoms with Gasteiger partial charge in [0.15, 0.2) is 0 Å². The van der Waals surface area contributed by atoms with E-state index in [-0.39, 0.29) is 23.7 Å². The van der Waals surface area contributed by atoms with Crippen molar-refractivity contribution in [1.29, 1.82) is 0 Å². The van der Waals surface area contributed by atoms with E-state index < -0.39 is 0 Å². The van der Waals surface area contributed by atoms with E-state index in [4.69, 9.17) is 10.5 Å². The van der Waals surface area contributed by atoms with Crippen LogP contribution in [0.1, 0.15) is 23.0 Å². The Morgan fingerprint density at radius 2 is 2.39 bits per heavy atom. The van der Waals surface area contributed by atoms with Crippen molar-refractivity contribution in [2.45, 2.75) is 13.3 Å². The number of ether oxygens (including phenoxy) is 1. The zero-order chi connectivity index (χ0) is 12.5. The number of hydrogen-bond acceptors (Lipinski definition) is 4. The third-order valence-electron chi connectivity index (χ3n) is 3.36. The maximum absolute atomic E-state index is 12.2. The molecule has 1 saturated heterocycles. The minimum Gasteiger partial charge on any atom is -0.496 e. The Kier molecular flexibility index (Phi) is 5.01. The van der Waals surface area contributed by atoms with Gasteiger partial charge < -0.3 is 15.4 Å². The van der Waals surface area contributed by atoms with E-state index in [9.17, 15) is 4.79 Å². The molecule has 0 spiro atoms. The zero-order valence-corrected chi connectivity index (χ0v) is 12.3. The van der Waals surface area contributed by atoms with Gasteiger partial charge in [0.25, 0.3) is 5.91 Å². The summed E-state index contributed by atoms with van der Waals surface area (Å²) in [5.41, 5.74) is 5.82. The van der Waals surface area contributed by atoms with Crippen LogP contribution in [0.5, 0.6) is 5.75 Å². The minimum absolute atomic E-state index is 0.